The van der Waals surface area contributed by atoms with Gasteiger partial charge in [0.1, 0.15) is 5.75 Å². The van der Waals surface area contributed by atoms with Crippen molar-refractivity contribution in [2.24, 2.45) is 0 Å². The van der Waals surface area contributed by atoms with Gasteiger partial charge < -0.3 is 5.11 Å². The fourth-order valence-electron chi connectivity index (χ4n) is 1.54. The Labute approximate surface area is 110 Å². The van der Waals surface area contributed by atoms with Crippen LogP contribution in [0.4, 0.5) is 0 Å². The molecule has 2 nitrogen and oxygen atoms in total. The van der Waals surface area contributed by atoms with Crippen molar-refractivity contribution in [1.29, 1.82) is 0 Å². The molecule has 0 saturated carbocycles. The van der Waals surface area contributed by atoms with Gasteiger partial charge in [0.15, 0.2) is 5.78 Å². The molecule has 90 valence electrons. The van der Waals surface area contributed by atoms with E-state index in [2.05, 4.69) is 0 Å². The maximum Gasteiger partial charge on any atom is 0.189 e. The van der Waals surface area contributed by atoms with Crippen LogP contribution in [0.2, 0.25) is 5.02 Å². The van der Waals surface area contributed by atoms with Gasteiger partial charge in [0.2, 0.25) is 0 Å². The van der Waals surface area contributed by atoms with Gasteiger partial charge in [-0.2, -0.15) is 0 Å². The van der Waals surface area contributed by atoms with Gasteiger partial charge in [-0.3, -0.25) is 4.79 Å². The highest BCUT2D eigenvalue weighted by molar-refractivity contribution is 6.32. The molecule has 0 aliphatic carbocycles. The monoisotopic (exact) mass is 258 g/mol. The molecule has 3 heteroatoms. The van der Waals surface area contributed by atoms with E-state index < -0.39 is 0 Å². The van der Waals surface area contributed by atoms with E-state index in [0.29, 0.717) is 0 Å². The van der Waals surface area contributed by atoms with E-state index in [1.165, 1.54) is 12.1 Å². The number of carbonyl (C=O) groups is 1. The molecule has 2 rings (SSSR count). The molecule has 18 heavy (non-hydrogen) atoms. The zero-order chi connectivity index (χ0) is 13.0. The Kier molecular flexibility index (Phi) is 3.80. The van der Waals surface area contributed by atoms with Crippen LogP contribution >= 0.6 is 11.6 Å². The van der Waals surface area contributed by atoms with E-state index in [1.54, 1.807) is 18.2 Å². The average molecular weight is 259 g/mol. The molecule has 0 aromatic heterocycles. The number of phenolic OH excluding ortho intramolecular Hbond substituents is 1. The Morgan fingerprint density at radius 1 is 1.06 bits per heavy atom. The lowest BCUT2D eigenvalue weighted by Crippen LogP contribution is -1.94. The van der Waals surface area contributed by atoms with E-state index in [0.717, 1.165) is 5.56 Å². The number of allylic oxidation sites excluding steroid dienone is 1. The molecule has 0 saturated heterocycles. The van der Waals surface area contributed by atoms with Crippen molar-refractivity contribution in [3.05, 3.63) is 70.8 Å². The smallest absolute Gasteiger partial charge is 0.189 e. The summed E-state index contributed by atoms with van der Waals surface area (Å²) in [6.45, 7) is 0. The molecule has 0 unspecified atom stereocenters. The van der Waals surface area contributed by atoms with Gasteiger partial charge in [-0.25, -0.2) is 0 Å². The Bertz CT molecular complexity index is 589. The number of phenols is 1. The number of rotatable bonds is 3. The van der Waals surface area contributed by atoms with E-state index in [4.69, 9.17) is 11.6 Å². The highest BCUT2D eigenvalue weighted by atomic mass is 35.5. The Hall–Kier alpha value is -2.06. The highest BCUT2D eigenvalue weighted by Crippen LogP contribution is 2.27. The van der Waals surface area contributed by atoms with Crippen molar-refractivity contribution in [2.45, 2.75) is 0 Å². The molecule has 0 spiro atoms. The number of ketones is 1. The molecule has 0 aliphatic rings. The summed E-state index contributed by atoms with van der Waals surface area (Å²) in [5, 5.41) is 9.85. The summed E-state index contributed by atoms with van der Waals surface area (Å²) < 4.78 is 0. The van der Waals surface area contributed by atoms with Crippen molar-refractivity contribution >= 4 is 23.5 Å². The number of hydrogen-bond acceptors (Lipinski definition) is 2. The summed E-state index contributed by atoms with van der Waals surface area (Å²) in [4.78, 5) is 11.9. The maximum atomic E-state index is 11.9. The second kappa shape index (κ2) is 5.52. The number of hydrogen-bond donors (Lipinski definition) is 1. The second-order valence-corrected chi connectivity index (χ2v) is 4.15. The van der Waals surface area contributed by atoms with E-state index in [9.17, 15) is 9.90 Å². The molecule has 0 bridgehead atoms. The van der Waals surface area contributed by atoms with Gasteiger partial charge in [-0.1, -0.05) is 54.1 Å². The van der Waals surface area contributed by atoms with Gasteiger partial charge in [-0.05, 0) is 23.8 Å². The SMILES string of the molecule is O=C(C=Cc1ccccc1)c1cccc(Cl)c1O. The molecule has 0 fully saturated rings. The zero-order valence-electron chi connectivity index (χ0n) is 9.51. The molecule has 2 aromatic rings. The Balaban J connectivity index is 2.23. The van der Waals surface area contributed by atoms with Crippen molar-refractivity contribution in [2.75, 3.05) is 0 Å². The molecular formula is C15H11ClO2. The molecule has 0 aliphatic heterocycles. The first-order chi connectivity index (χ1) is 8.68. The van der Waals surface area contributed by atoms with Crippen LogP contribution in [0.25, 0.3) is 6.08 Å². The minimum atomic E-state index is -0.279. The largest absolute Gasteiger partial charge is 0.506 e. The number of para-hydroxylation sites is 1. The van der Waals surface area contributed by atoms with E-state index in [-0.39, 0.29) is 22.1 Å². The molecule has 1 N–H and O–H groups in total. The first kappa shape index (κ1) is 12.4. The minimum absolute atomic E-state index is 0.175. The fraction of sp³-hybridized carbons (Fsp3) is 0. The standard InChI is InChI=1S/C15H11ClO2/c16-13-8-4-7-12(15(13)18)14(17)10-9-11-5-2-1-3-6-11/h1-10,18H. The number of halogens is 1. The van der Waals surface area contributed by atoms with Crippen LogP contribution < -0.4 is 0 Å². The van der Waals surface area contributed by atoms with Crippen LogP contribution in [0.5, 0.6) is 5.75 Å². The fourth-order valence-corrected chi connectivity index (χ4v) is 1.71. The molecule has 0 heterocycles. The Morgan fingerprint density at radius 2 is 1.78 bits per heavy atom. The lowest BCUT2D eigenvalue weighted by atomic mass is 10.1. The summed E-state index contributed by atoms with van der Waals surface area (Å²) in [5.41, 5.74) is 1.13. The summed E-state index contributed by atoms with van der Waals surface area (Å²) in [6, 6.07) is 14.2. The minimum Gasteiger partial charge on any atom is -0.506 e. The van der Waals surface area contributed by atoms with Gasteiger partial charge in [0.05, 0.1) is 10.6 Å². The molecule has 0 amide bonds. The topological polar surface area (TPSA) is 37.3 Å². The van der Waals surface area contributed by atoms with Crippen molar-refractivity contribution in [1.82, 2.24) is 0 Å². The number of benzene rings is 2. The van der Waals surface area contributed by atoms with E-state index >= 15 is 0 Å². The third-order valence-electron chi connectivity index (χ3n) is 2.48. The third-order valence-corrected chi connectivity index (χ3v) is 2.78. The summed E-state index contributed by atoms with van der Waals surface area (Å²) >= 11 is 5.75. The van der Waals surface area contributed by atoms with E-state index in [1.807, 2.05) is 30.3 Å². The van der Waals surface area contributed by atoms with Crippen LogP contribution in [-0.2, 0) is 0 Å². The summed E-state index contributed by atoms with van der Waals surface area (Å²) in [6.07, 6.45) is 3.11. The lowest BCUT2D eigenvalue weighted by molar-refractivity contribution is 0.104. The first-order valence-electron chi connectivity index (χ1n) is 5.43. The third kappa shape index (κ3) is 2.79. The van der Waals surface area contributed by atoms with Crippen LogP contribution in [0.3, 0.4) is 0 Å². The van der Waals surface area contributed by atoms with Crippen molar-refractivity contribution in [3.63, 3.8) is 0 Å². The quantitative estimate of drug-likeness (QED) is 0.669. The van der Waals surface area contributed by atoms with Crippen LogP contribution in [0.1, 0.15) is 15.9 Å². The summed E-state index contributed by atoms with van der Waals surface area (Å²) in [5.74, 6) is -0.458. The summed E-state index contributed by atoms with van der Waals surface area (Å²) in [7, 11) is 0. The maximum absolute atomic E-state index is 11.9. The highest BCUT2D eigenvalue weighted by Gasteiger charge is 2.10. The zero-order valence-corrected chi connectivity index (χ0v) is 10.3. The average Bonchev–Trinajstić information content (AvgIpc) is 2.40. The van der Waals surface area contributed by atoms with Crippen LogP contribution in [-0.4, -0.2) is 10.9 Å². The molecule has 2 aromatic carbocycles. The van der Waals surface area contributed by atoms with Crippen molar-refractivity contribution in [3.8, 4) is 5.75 Å². The van der Waals surface area contributed by atoms with Gasteiger partial charge in [0.25, 0.3) is 0 Å². The number of aromatic hydroxyl groups is 1. The van der Waals surface area contributed by atoms with Crippen molar-refractivity contribution < 1.29 is 9.90 Å². The van der Waals surface area contributed by atoms with Gasteiger partial charge >= 0.3 is 0 Å². The lowest BCUT2D eigenvalue weighted by Gasteiger charge is -2.01. The first-order valence-corrected chi connectivity index (χ1v) is 5.81. The normalized spacial score (nSPS) is 10.7. The van der Waals surface area contributed by atoms with Crippen LogP contribution in [0, 0.1) is 0 Å². The second-order valence-electron chi connectivity index (χ2n) is 3.74. The van der Waals surface area contributed by atoms with Gasteiger partial charge in [-0.15, -0.1) is 0 Å². The Morgan fingerprint density at radius 3 is 2.50 bits per heavy atom. The molecule has 0 atom stereocenters. The molecular weight excluding hydrogens is 248 g/mol. The van der Waals surface area contributed by atoms with Gasteiger partial charge in [0, 0.05) is 0 Å². The molecule has 0 radical (unpaired) electrons. The number of carbonyl (C=O) groups excluding carboxylic acids is 1. The predicted octanol–water partition coefficient (Wildman–Crippen LogP) is 3.94. The van der Waals surface area contributed by atoms with Crippen LogP contribution in [0.15, 0.2) is 54.6 Å². The predicted molar refractivity (Wildman–Crippen MR) is 72.9 cm³/mol.